The minimum Gasteiger partial charge on any atom is -0.306 e. The molecule has 0 bridgehead atoms. The zero-order valence-corrected chi connectivity index (χ0v) is 11.0. The molecule has 1 fully saturated rings. The van der Waals surface area contributed by atoms with Crippen LogP contribution in [0.5, 0.6) is 0 Å². The Bertz CT molecular complexity index is 359. The second-order valence-electron chi connectivity index (χ2n) is 4.98. The Balaban J connectivity index is 2.23. The molecule has 0 spiro atoms. The summed E-state index contributed by atoms with van der Waals surface area (Å²) in [6.07, 6.45) is 2.57. The zero-order valence-electron chi connectivity index (χ0n) is 11.0. The largest absolute Gasteiger partial charge is 0.306 e. The summed E-state index contributed by atoms with van der Waals surface area (Å²) < 4.78 is 2.14. The molecule has 1 aromatic rings. The predicted molar refractivity (Wildman–Crippen MR) is 66.8 cm³/mol. The molecule has 0 unspecified atom stereocenters. The molecule has 2 heterocycles. The van der Waals surface area contributed by atoms with Crippen LogP contribution in [0.2, 0.25) is 0 Å². The van der Waals surface area contributed by atoms with E-state index in [0.717, 1.165) is 12.5 Å². The van der Waals surface area contributed by atoms with E-state index in [0.29, 0.717) is 0 Å². The molecule has 0 amide bonds. The van der Waals surface area contributed by atoms with Crippen LogP contribution in [0.1, 0.15) is 42.6 Å². The molecule has 0 atom stereocenters. The van der Waals surface area contributed by atoms with Crippen LogP contribution in [0.4, 0.5) is 0 Å². The Kier molecular flexibility index (Phi) is 3.33. The Labute approximate surface area is 98.4 Å². The molecule has 1 aliphatic rings. The van der Waals surface area contributed by atoms with E-state index in [1.54, 1.807) is 0 Å². The summed E-state index contributed by atoms with van der Waals surface area (Å²) in [5.74, 6) is 0.733. The van der Waals surface area contributed by atoms with Gasteiger partial charge in [-0.2, -0.15) is 5.10 Å². The summed E-state index contributed by atoms with van der Waals surface area (Å²) in [7, 11) is 2.21. The fourth-order valence-electron chi connectivity index (χ4n) is 2.91. The van der Waals surface area contributed by atoms with Gasteiger partial charge in [0.1, 0.15) is 0 Å². The highest BCUT2D eigenvalue weighted by Crippen LogP contribution is 2.31. The topological polar surface area (TPSA) is 21.1 Å². The first-order valence-electron chi connectivity index (χ1n) is 6.36. The summed E-state index contributed by atoms with van der Waals surface area (Å²) in [6, 6.07) is 0. The number of hydrogen-bond donors (Lipinski definition) is 0. The van der Waals surface area contributed by atoms with E-state index in [1.807, 2.05) is 0 Å². The van der Waals surface area contributed by atoms with E-state index in [4.69, 9.17) is 0 Å². The van der Waals surface area contributed by atoms with Crippen LogP contribution in [0.15, 0.2) is 0 Å². The van der Waals surface area contributed by atoms with Crippen LogP contribution in [-0.4, -0.2) is 34.8 Å². The first-order valence-corrected chi connectivity index (χ1v) is 6.36. The molecule has 3 heteroatoms. The number of likely N-dealkylation sites (tertiary alicyclic amines) is 1. The van der Waals surface area contributed by atoms with Gasteiger partial charge in [-0.05, 0) is 65.2 Å². The van der Waals surface area contributed by atoms with Crippen molar-refractivity contribution >= 4 is 0 Å². The molecule has 3 nitrogen and oxygen atoms in total. The van der Waals surface area contributed by atoms with Crippen LogP contribution in [-0.2, 0) is 6.54 Å². The normalized spacial score (nSPS) is 19.2. The van der Waals surface area contributed by atoms with Crippen LogP contribution >= 0.6 is 0 Å². The van der Waals surface area contributed by atoms with E-state index >= 15 is 0 Å². The summed E-state index contributed by atoms with van der Waals surface area (Å²) in [5.41, 5.74) is 4.15. The summed E-state index contributed by atoms with van der Waals surface area (Å²) >= 11 is 0. The van der Waals surface area contributed by atoms with Gasteiger partial charge < -0.3 is 4.90 Å². The predicted octanol–water partition coefficient (Wildman–Crippen LogP) is 2.33. The molecule has 2 rings (SSSR count). The molecule has 1 saturated heterocycles. The standard InChI is InChI=1S/C13H23N3/c1-5-16-11(3)13(10(2)14-16)12-6-8-15(4)9-7-12/h12H,5-9H2,1-4H3. The lowest BCUT2D eigenvalue weighted by molar-refractivity contribution is 0.254. The third kappa shape index (κ3) is 2.01. The van der Waals surface area contributed by atoms with Gasteiger partial charge in [0, 0.05) is 12.2 Å². The van der Waals surface area contributed by atoms with Crippen molar-refractivity contribution in [2.24, 2.45) is 0 Å². The molecule has 1 aromatic heterocycles. The number of rotatable bonds is 2. The minimum absolute atomic E-state index is 0.733. The van der Waals surface area contributed by atoms with Crippen molar-refractivity contribution in [2.45, 2.75) is 46.1 Å². The van der Waals surface area contributed by atoms with Gasteiger partial charge in [-0.1, -0.05) is 0 Å². The molecule has 0 saturated carbocycles. The lowest BCUT2D eigenvalue weighted by atomic mass is 9.88. The van der Waals surface area contributed by atoms with Crippen molar-refractivity contribution in [3.05, 3.63) is 17.0 Å². The van der Waals surface area contributed by atoms with E-state index in [9.17, 15) is 0 Å². The first-order chi connectivity index (χ1) is 7.63. The van der Waals surface area contributed by atoms with Crippen LogP contribution in [0, 0.1) is 13.8 Å². The monoisotopic (exact) mass is 221 g/mol. The van der Waals surface area contributed by atoms with Crippen LogP contribution in [0.25, 0.3) is 0 Å². The number of hydrogen-bond acceptors (Lipinski definition) is 2. The Morgan fingerprint density at radius 2 is 1.88 bits per heavy atom. The number of piperidine rings is 1. The molecule has 0 aromatic carbocycles. The maximum atomic E-state index is 4.63. The van der Waals surface area contributed by atoms with Gasteiger partial charge in [-0.3, -0.25) is 4.68 Å². The van der Waals surface area contributed by atoms with Crippen molar-refractivity contribution in [1.82, 2.24) is 14.7 Å². The zero-order chi connectivity index (χ0) is 11.7. The Morgan fingerprint density at radius 1 is 1.25 bits per heavy atom. The Morgan fingerprint density at radius 3 is 2.38 bits per heavy atom. The molecule has 90 valence electrons. The van der Waals surface area contributed by atoms with Crippen molar-refractivity contribution in [1.29, 1.82) is 0 Å². The maximum absolute atomic E-state index is 4.63. The van der Waals surface area contributed by atoms with Gasteiger partial charge in [0.25, 0.3) is 0 Å². The van der Waals surface area contributed by atoms with E-state index in [2.05, 4.69) is 42.5 Å². The maximum Gasteiger partial charge on any atom is 0.0631 e. The quantitative estimate of drug-likeness (QED) is 0.764. The molecule has 16 heavy (non-hydrogen) atoms. The highest BCUT2D eigenvalue weighted by Gasteiger charge is 2.24. The van der Waals surface area contributed by atoms with Gasteiger partial charge in [0.2, 0.25) is 0 Å². The average molecular weight is 221 g/mol. The highest BCUT2D eigenvalue weighted by molar-refractivity contribution is 5.29. The smallest absolute Gasteiger partial charge is 0.0631 e. The Hall–Kier alpha value is -0.830. The lowest BCUT2D eigenvalue weighted by Crippen LogP contribution is -2.29. The molecule has 0 N–H and O–H groups in total. The molecular formula is C13H23N3. The van der Waals surface area contributed by atoms with Crippen molar-refractivity contribution < 1.29 is 0 Å². The fourth-order valence-corrected chi connectivity index (χ4v) is 2.91. The first kappa shape index (κ1) is 11.6. The number of aryl methyl sites for hydroxylation is 2. The van der Waals surface area contributed by atoms with E-state index < -0.39 is 0 Å². The van der Waals surface area contributed by atoms with Gasteiger partial charge >= 0.3 is 0 Å². The second-order valence-corrected chi connectivity index (χ2v) is 4.98. The van der Waals surface area contributed by atoms with Crippen LogP contribution < -0.4 is 0 Å². The van der Waals surface area contributed by atoms with Gasteiger partial charge in [-0.25, -0.2) is 0 Å². The highest BCUT2D eigenvalue weighted by atomic mass is 15.3. The van der Waals surface area contributed by atoms with Gasteiger partial charge in [-0.15, -0.1) is 0 Å². The van der Waals surface area contributed by atoms with Crippen molar-refractivity contribution in [2.75, 3.05) is 20.1 Å². The minimum atomic E-state index is 0.733. The number of nitrogens with zero attached hydrogens (tertiary/aromatic N) is 3. The second kappa shape index (κ2) is 4.58. The molecule has 0 aliphatic carbocycles. The van der Waals surface area contributed by atoms with Crippen molar-refractivity contribution in [3.63, 3.8) is 0 Å². The lowest BCUT2D eigenvalue weighted by Gasteiger charge is -2.29. The fraction of sp³-hybridized carbons (Fsp3) is 0.769. The van der Waals surface area contributed by atoms with Crippen LogP contribution in [0.3, 0.4) is 0 Å². The third-order valence-corrected chi connectivity index (χ3v) is 3.86. The third-order valence-electron chi connectivity index (χ3n) is 3.86. The molecular weight excluding hydrogens is 198 g/mol. The number of aromatic nitrogens is 2. The van der Waals surface area contributed by atoms with Crippen molar-refractivity contribution in [3.8, 4) is 0 Å². The summed E-state index contributed by atoms with van der Waals surface area (Å²) in [6.45, 7) is 9.98. The SMILES string of the molecule is CCn1nc(C)c(C2CCN(C)CC2)c1C. The van der Waals surface area contributed by atoms with E-state index in [1.165, 1.54) is 42.9 Å². The molecule has 0 radical (unpaired) electrons. The van der Waals surface area contributed by atoms with E-state index in [-0.39, 0.29) is 0 Å². The van der Waals surface area contributed by atoms with Gasteiger partial charge in [0.05, 0.1) is 5.69 Å². The molecule has 1 aliphatic heterocycles. The average Bonchev–Trinajstić information content (AvgIpc) is 2.56. The summed E-state index contributed by atoms with van der Waals surface area (Å²) in [4.78, 5) is 2.42. The van der Waals surface area contributed by atoms with Gasteiger partial charge in [0.15, 0.2) is 0 Å². The summed E-state index contributed by atoms with van der Waals surface area (Å²) in [5, 5.41) is 4.63.